The minimum Gasteiger partial charge on any atom is -0.505 e. The van der Waals surface area contributed by atoms with Crippen molar-refractivity contribution < 1.29 is 19.8 Å². The van der Waals surface area contributed by atoms with Gasteiger partial charge in [-0.15, -0.1) is 0 Å². The maximum atomic E-state index is 12.1. The van der Waals surface area contributed by atoms with Crippen molar-refractivity contribution in [2.75, 3.05) is 6.54 Å². The zero-order chi connectivity index (χ0) is 15.0. The number of benzene rings is 1. The molecule has 0 spiro atoms. The van der Waals surface area contributed by atoms with E-state index in [1.165, 1.54) is 10.7 Å². The Morgan fingerprint density at radius 2 is 1.90 bits per heavy atom. The number of carboxylic acids is 1. The van der Waals surface area contributed by atoms with Crippen LogP contribution < -0.4 is 5.32 Å². The zero-order valence-corrected chi connectivity index (χ0v) is 10.8. The Hall–Kier alpha value is -3.09. The molecule has 0 saturated heterocycles. The van der Waals surface area contributed by atoms with Gasteiger partial charge in [0, 0.05) is 10.8 Å². The number of carbonyl (C=O) groups excluding carboxylic acids is 1. The molecular weight excluding hydrogens is 274 g/mol. The van der Waals surface area contributed by atoms with Crippen molar-refractivity contribution in [3.05, 3.63) is 42.2 Å². The van der Waals surface area contributed by atoms with Crippen molar-refractivity contribution in [2.45, 2.75) is 0 Å². The van der Waals surface area contributed by atoms with Crippen molar-refractivity contribution in [3.63, 3.8) is 0 Å². The molecule has 0 unspecified atom stereocenters. The predicted molar refractivity (Wildman–Crippen MR) is 74.3 cm³/mol. The van der Waals surface area contributed by atoms with Crippen LogP contribution in [-0.4, -0.2) is 38.2 Å². The average molecular weight is 285 g/mol. The molecule has 3 rings (SSSR count). The van der Waals surface area contributed by atoms with Crippen LogP contribution in [0.25, 0.3) is 16.3 Å². The van der Waals surface area contributed by atoms with Gasteiger partial charge in [0.2, 0.25) is 0 Å². The molecular formula is C14H11N3O4. The molecule has 0 bridgehead atoms. The zero-order valence-electron chi connectivity index (χ0n) is 10.8. The number of hydrogen-bond acceptors (Lipinski definition) is 4. The molecule has 2 aromatic heterocycles. The normalized spacial score (nSPS) is 10.9. The second-order valence-corrected chi connectivity index (χ2v) is 4.45. The summed E-state index contributed by atoms with van der Waals surface area (Å²) >= 11 is 0. The number of aromatic nitrogens is 2. The quantitative estimate of drug-likeness (QED) is 0.666. The van der Waals surface area contributed by atoms with Crippen molar-refractivity contribution in [2.24, 2.45) is 0 Å². The highest BCUT2D eigenvalue weighted by Crippen LogP contribution is 2.31. The third-order valence-corrected chi connectivity index (χ3v) is 3.15. The molecule has 0 aliphatic rings. The van der Waals surface area contributed by atoms with E-state index in [-0.39, 0.29) is 11.4 Å². The number of nitrogens with one attached hydrogen (secondary N) is 1. The van der Waals surface area contributed by atoms with E-state index in [0.717, 1.165) is 5.39 Å². The molecule has 21 heavy (non-hydrogen) atoms. The number of fused-ring (bicyclic) bond motifs is 3. The van der Waals surface area contributed by atoms with E-state index < -0.39 is 18.4 Å². The van der Waals surface area contributed by atoms with Gasteiger partial charge in [0.25, 0.3) is 5.91 Å². The number of rotatable bonds is 3. The van der Waals surface area contributed by atoms with Gasteiger partial charge in [-0.3, -0.25) is 9.59 Å². The first-order valence-electron chi connectivity index (χ1n) is 6.17. The fraction of sp³-hybridized carbons (Fsp3) is 0.0714. The smallest absolute Gasteiger partial charge is 0.322 e. The van der Waals surface area contributed by atoms with Gasteiger partial charge in [-0.05, 0) is 6.07 Å². The van der Waals surface area contributed by atoms with Gasteiger partial charge in [-0.1, -0.05) is 24.3 Å². The fourth-order valence-electron chi connectivity index (χ4n) is 2.27. The minimum atomic E-state index is -1.17. The molecule has 0 radical (unpaired) electrons. The van der Waals surface area contributed by atoms with Gasteiger partial charge in [0.1, 0.15) is 6.54 Å². The Kier molecular flexibility index (Phi) is 2.94. The summed E-state index contributed by atoms with van der Waals surface area (Å²) in [6.45, 7) is -0.534. The summed E-state index contributed by atoms with van der Waals surface area (Å²) in [6.07, 6.45) is 1.51. The van der Waals surface area contributed by atoms with Gasteiger partial charge in [0.05, 0.1) is 11.7 Å². The van der Waals surface area contributed by atoms with Crippen LogP contribution in [-0.2, 0) is 4.79 Å². The van der Waals surface area contributed by atoms with Crippen molar-refractivity contribution in [1.29, 1.82) is 0 Å². The Labute approximate surface area is 118 Å². The molecule has 0 fully saturated rings. The second-order valence-electron chi connectivity index (χ2n) is 4.45. The highest BCUT2D eigenvalue weighted by Gasteiger charge is 2.20. The summed E-state index contributed by atoms with van der Waals surface area (Å²) in [6, 6.07) is 8.78. The Bertz CT molecular complexity index is 869. The monoisotopic (exact) mass is 285 g/mol. The van der Waals surface area contributed by atoms with Crippen molar-refractivity contribution >= 4 is 28.2 Å². The SMILES string of the molecule is O=C(O)CNC(=O)c1c(O)c2ccccc2c2ccnn12. The first-order valence-corrected chi connectivity index (χ1v) is 6.17. The average Bonchev–Trinajstić information content (AvgIpc) is 2.94. The lowest BCUT2D eigenvalue weighted by atomic mass is 10.1. The Balaban J connectivity index is 2.24. The lowest BCUT2D eigenvalue weighted by molar-refractivity contribution is -0.135. The van der Waals surface area contributed by atoms with Crippen LogP contribution in [0.4, 0.5) is 0 Å². The summed E-state index contributed by atoms with van der Waals surface area (Å²) in [7, 11) is 0. The Morgan fingerprint density at radius 1 is 1.19 bits per heavy atom. The molecule has 1 aromatic carbocycles. The van der Waals surface area contributed by atoms with Gasteiger partial charge in [-0.25, -0.2) is 4.52 Å². The third-order valence-electron chi connectivity index (χ3n) is 3.15. The summed E-state index contributed by atoms with van der Waals surface area (Å²) in [5.41, 5.74) is 0.568. The number of amides is 1. The van der Waals surface area contributed by atoms with Crippen LogP contribution >= 0.6 is 0 Å². The summed E-state index contributed by atoms with van der Waals surface area (Å²) in [5.74, 6) is -2.10. The fourth-order valence-corrected chi connectivity index (χ4v) is 2.27. The van der Waals surface area contributed by atoms with Gasteiger partial charge in [0.15, 0.2) is 11.4 Å². The van der Waals surface area contributed by atoms with Crippen LogP contribution in [0.3, 0.4) is 0 Å². The predicted octanol–water partition coefficient (Wildman–Crippen LogP) is 1.01. The molecule has 0 aliphatic heterocycles. The lowest BCUT2D eigenvalue weighted by Crippen LogP contribution is -2.30. The van der Waals surface area contributed by atoms with Crippen LogP contribution in [0.2, 0.25) is 0 Å². The number of carboxylic acid groups (broad SMARTS) is 1. The molecule has 1 amide bonds. The van der Waals surface area contributed by atoms with Crippen molar-refractivity contribution in [3.8, 4) is 5.75 Å². The molecule has 106 valence electrons. The number of carbonyl (C=O) groups is 2. The van der Waals surface area contributed by atoms with Gasteiger partial charge in [-0.2, -0.15) is 5.10 Å². The topological polar surface area (TPSA) is 104 Å². The van der Waals surface area contributed by atoms with E-state index in [2.05, 4.69) is 10.4 Å². The number of nitrogens with zero attached hydrogens (tertiary/aromatic N) is 2. The number of aliphatic carboxylic acids is 1. The minimum absolute atomic E-state index is 0.0880. The largest absolute Gasteiger partial charge is 0.505 e. The van der Waals surface area contributed by atoms with Crippen LogP contribution in [0.15, 0.2) is 36.5 Å². The first-order chi connectivity index (χ1) is 10.1. The maximum absolute atomic E-state index is 12.1. The molecule has 0 saturated carbocycles. The van der Waals surface area contributed by atoms with E-state index in [1.54, 1.807) is 18.2 Å². The second kappa shape index (κ2) is 4.78. The lowest BCUT2D eigenvalue weighted by Gasteiger charge is -2.11. The van der Waals surface area contributed by atoms with E-state index in [0.29, 0.717) is 10.9 Å². The van der Waals surface area contributed by atoms with Crippen molar-refractivity contribution in [1.82, 2.24) is 14.9 Å². The molecule has 7 nitrogen and oxygen atoms in total. The Morgan fingerprint density at radius 3 is 2.62 bits per heavy atom. The van der Waals surface area contributed by atoms with Crippen LogP contribution in [0.1, 0.15) is 10.5 Å². The number of pyridine rings is 1. The summed E-state index contributed by atoms with van der Waals surface area (Å²) in [4.78, 5) is 22.7. The summed E-state index contributed by atoms with van der Waals surface area (Å²) < 4.78 is 1.30. The van der Waals surface area contributed by atoms with E-state index in [1.807, 2.05) is 12.1 Å². The molecule has 2 heterocycles. The highest BCUT2D eigenvalue weighted by atomic mass is 16.4. The standard InChI is InChI=1S/C14H11N3O4/c18-11(19)7-15-14(21)12-13(20)9-4-2-1-3-8(9)10-5-6-16-17(10)12/h1-6,20H,7H2,(H,15,21)(H,18,19). The molecule has 0 aliphatic carbocycles. The third kappa shape index (κ3) is 2.04. The van der Waals surface area contributed by atoms with E-state index in [9.17, 15) is 14.7 Å². The van der Waals surface area contributed by atoms with Crippen LogP contribution in [0.5, 0.6) is 5.75 Å². The number of aromatic hydroxyl groups is 1. The molecule has 7 heteroatoms. The molecule has 3 N–H and O–H groups in total. The highest BCUT2D eigenvalue weighted by molar-refractivity contribution is 6.07. The summed E-state index contributed by atoms with van der Waals surface area (Å²) in [5, 5.41) is 26.5. The van der Waals surface area contributed by atoms with Gasteiger partial charge >= 0.3 is 5.97 Å². The van der Waals surface area contributed by atoms with E-state index in [4.69, 9.17) is 5.11 Å². The van der Waals surface area contributed by atoms with E-state index >= 15 is 0 Å². The maximum Gasteiger partial charge on any atom is 0.322 e. The molecule has 3 aromatic rings. The first kappa shape index (κ1) is 12.9. The van der Waals surface area contributed by atoms with Crippen LogP contribution in [0, 0.1) is 0 Å². The van der Waals surface area contributed by atoms with Gasteiger partial charge < -0.3 is 15.5 Å². The number of hydrogen-bond donors (Lipinski definition) is 3. The molecule has 0 atom stereocenters.